The molecule has 188 valence electrons. The average molecular weight is 637 g/mol. The highest BCUT2D eigenvalue weighted by Crippen LogP contribution is 2.44. The van der Waals surface area contributed by atoms with Gasteiger partial charge in [0.25, 0.3) is 5.91 Å². The summed E-state index contributed by atoms with van der Waals surface area (Å²) in [6.07, 6.45) is 0. The predicted molar refractivity (Wildman–Crippen MR) is 148 cm³/mol. The lowest BCUT2D eigenvalue weighted by molar-refractivity contribution is -0.117. The lowest BCUT2D eigenvalue weighted by Gasteiger charge is -2.24. The quantitative estimate of drug-likeness (QED) is 0.127. The van der Waals surface area contributed by atoms with Crippen molar-refractivity contribution >= 4 is 79.1 Å². The Labute approximate surface area is 238 Å². The summed E-state index contributed by atoms with van der Waals surface area (Å²) in [7, 11) is 0. The van der Waals surface area contributed by atoms with Crippen LogP contribution < -0.4 is 4.90 Å². The van der Waals surface area contributed by atoms with Crippen LogP contribution in [0.2, 0.25) is 10.0 Å². The van der Waals surface area contributed by atoms with Crippen molar-refractivity contribution in [3.8, 4) is 0 Å². The molecule has 0 saturated heterocycles. The molecule has 0 fully saturated rings. The Morgan fingerprint density at radius 1 is 1.19 bits per heavy atom. The van der Waals surface area contributed by atoms with E-state index in [0.717, 1.165) is 10.0 Å². The minimum absolute atomic E-state index is 0.0297. The maximum absolute atomic E-state index is 13.4. The summed E-state index contributed by atoms with van der Waals surface area (Å²) in [5, 5.41) is 20.6. The van der Waals surface area contributed by atoms with Gasteiger partial charge < -0.3 is 9.52 Å². The number of carbonyl (C=O) groups is 2. The van der Waals surface area contributed by atoms with E-state index in [2.05, 4.69) is 26.1 Å². The molecular weight excluding hydrogens is 621 g/mol. The Hall–Kier alpha value is -2.63. The summed E-state index contributed by atoms with van der Waals surface area (Å²) < 4.78 is 6.84. The number of aliphatic hydroxyl groups excluding tert-OH is 1. The number of nitrogens with zero attached hydrogens (tertiary/aromatic N) is 3. The highest BCUT2D eigenvalue weighted by molar-refractivity contribution is 9.10. The fourth-order valence-electron chi connectivity index (χ4n) is 3.85. The Bertz CT molecular complexity index is 1570. The first-order valence-corrected chi connectivity index (χ1v) is 14.1. The van der Waals surface area contributed by atoms with E-state index in [1.807, 2.05) is 12.1 Å². The zero-order valence-corrected chi connectivity index (χ0v) is 23.7. The number of anilines is 1. The van der Waals surface area contributed by atoms with Crippen molar-refractivity contribution in [2.24, 2.45) is 0 Å². The molecule has 0 aliphatic carbocycles. The van der Waals surface area contributed by atoms with Crippen molar-refractivity contribution in [1.82, 2.24) is 10.2 Å². The number of hydrogen-bond acceptors (Lipinski definition) is 8. The van der Waals surface area contributed by atoms with Gasteiger partial charge in [-0.25, -0.2) is 0 Å². The highest BCUT2D eigenvalue weighted by Gasteiger charge is 2.46. The van der Waals surface area contributed by atoms with E-state index in [9.17, 15) is 14.7 Å². The van der Waals surface area contributed by atoms with Crippen molar-refractivity contribution in [3.63, 3.8) is 0 Å². The van der Waals surface area contributed by atoms with Crippen LogP contribution in [0.5, 0.6) is 0 Å². The van der Waals surface area contributed by atoms with Gasteiger partial charge in [-0.05, 0) is 54.4 Å². The van der Waals surface area contributed by atoms with Crippen molar-refractivity contribution in [1.29, 1.82) is 0 Å². The van der Waals surface area contributed by atoms with E-state index in [0.29, 0.717) is 31.5 Å². The van der Waals surface area contributed by atoms with Crippen molar-refractivity contribution in [2.45, 2.75) is 23.1 Å². The first kappa shape index (κ1) is 26.0. The van der Waals surface area contributed by atoms with Gasteiger partial charge in [0.2, 0.25) is 10.9 Å². The number of benzene rings is 2. The highest BCUT2D eigenvalue weighted by atomic mass is 79.9. The number of halogens is 3. The van der Waals surface area contributed by atoms with Gasteiger partial charge in [0.15, 0.2) is 15.9 Å². The van der Waals surface area contributed by atoms with Crippen LogP contribution >= 0.6 is 62.2 Å². The Balaban J connectivity index is 1.49. The number of aryl methyl sites for hydroxylation is 1. The summed E-state index contributed by atoms with van der Waals surface area (Å²) in [4.78, 5) is 28.0. The second-order valence-corrected chi connectivity index (χ2v) is 11.9. The largest absolute Gasteiger partial charge is 0.503 e. The first-order chi connectivity index (χ1) is 17.7. The van der Waals surface area contributed by atoms with Gasteiger partial charge in [0.05, 0.1) is 11.6 Å². The molecule has 4 aromatic rings. The lowest BCUT2D eigenvalue weighted by Crippen LogP contribution is -2.31. The maximum Gasteiger partial charge on any atom is 0.296 e. The van der Waals surface area contributed by atoms with Crippen LogP contribution in [-0.4, -0.2) is 27.0 Å². The van der Waals surface area contributed by atoms with E-state index in [1.165, 1.54) is 34.1 Å². The van der Waals surface area contributed by atoms with Crippen LogP contribution in [0.3, 0.4) is 0 Å². The summed E-state index contributed by atoms with van der Waals surface area (Å²) in [6, 6.07) is 14.7. The number of amides is 1. The number of furan rings is 1. The Kier molecular flexibility index (Phi) is 7.46. The third kappa shape index (κ3) is 5.21. The Morgan fingerprint density at radius 3 is 2.70 bits per heavy atom. The van der Waals surface area contributed by atoms with Crippen LogP contribution in [0, 0.1) is 6.92 Å². The second-order valence-electron chi connectivity index (χ2n) is 8.01. The molecular formula is C25H16BrCl2N3O4S2. The van der Waals surface area contributed by atoms with Crippen molar-refractivity contribution in [2.75, 3.05) is 4.90 Å². The van der Waals surface area contributed by atoms with Gasteiger partial charge >= 0.3 is 0 Å². The zero-order valence-electron chi connectivity index (χ0n) is 18.9. The number of thioether (sulfide) groups is 1. The van der Waals surface area contributed by atoms with Gasteiger partial charge in [-0.1, -0.05) is 80.4 Å². The molecule has 7 nitrogen and oxygen atoms in total. The molecule has 2 aromatic carbocycles. The monoisotopic (exact) mass is 635 g/mol. The van der Waals surface area contributed by atoms with E-state index in [4.69, 9.17) is 27.6 Å². The van der Waals surface area contributed by atoms with Gasteiger partial charge in [-0.3, -0.25) is 14.5 Å². The molecule has 1 unspecified atom stereocenters. The van der Waals surface area contributed by atoms with Crippen molar-refractivity contribution < 1.29 is 19.1 Å². The minimum Gasteiger partial charge on any atom is -0.503 e. The molecule has 1 aliphatic rings. The maximum atomic E-state index is 13.4. The predicted octanol–water partition coefficient (Wildman–Crippen LogP) is 7.58. The van der Waals surface area contributed by atoms with E-state index >= 15 is 0 Å². The van der Waals surface area contributed by atoms with Gasteiger partial charge in [-0.2, -0.15) is 0 Å². The number of Topliss-reactive ketones (excluding diaryl/α,β-unsaturated/α-hetero) is 1. The summed E-state index contributed by atoms with van der Waals surface area (Å²) >= 11 is 18.3. The first-order valence-electron chi connectivity index (χ1n) is 10.8. The standard InChI is InChI=1S/C25H16BrCl2N3O4S2/c1-12-5-8-18(35-12)21(32)19-20(13-3-2-4-15(26)9-13)31(23(34)22(19)33)24-29-30-25(37-24)36-11-14-6-7-16(27)10-17(14)28/h2-10,20,33H,11H2,1H3. The molecule has 0 saturated carbocycles. The summed E-state index contributed by atoms with van der Waals surface area (Å²) in [6.45, 7) is 1.71. The van der Waals surface area contributed by atoms with Crippen LogP contribution in [0.4, 0.5) is 5.13 Å². The van der Waals surface area contributed by atoms with E-state index < -0.39 is 23.5 Å². The topological polar surface area (TPSA) is 96.5 Å². The molecule has 37 heavy (non-hydrogen) atoms. The van der Waals surface area contributed by atoms with Gasteiger partial charge in [0, 0.05) is 20.3 Å². The third-order valence-electron chi connectivity index (χ3n) is 5.55. The zero-order chi connectivity index (χ0) is 26.3. The molecule has 2 aromatic heterocycles. The molecule has 3 heterocycles. The van der Waals surface area contributed by atoms with Crippen LogP contribution in [0.1, 0.15) is 33.5 Å². The fraction of sp³-hybridized carbons (Fsp3) is 0.120. The minimum atomic E-state index is -0.931. The van der Waals surface area contributed by atoms with Gasteiger partial charge in [-0.15, -0.1) is 10.2 Å². The SMILES string of the molecule is Cc1ccc(C(=O)C2=C(O)C(=O)N(c3nnc(SCc4ccc(Cl)cc4Cl)s3)C2c2cccc(Br)c2)o1. The van der Waals surface area contributed by atoms with E-state index in [1.54, 1.807) is 43.3 Å². The molecule has 5 rings (SSSR count). The second kappa shape index (κ2) is 10.6. The molecule has 1 atom stereocenters. The summed E-state index contributed by atoms with van der Waals surface area (Å²) in [5.41, 5.74) is 1.39. The molecule has 0 spiro atoms. The number of rotatable bonds is 7. The smallest absolute Gasteiger partial charge is 0.296 e. The van der Waals surface area contributed by atoms with Crippen LogP contribution in [0.15, 0.2) is 79.2 Å². The summed E-state index contributed by atoms with van der Waals surface area (Å²) in [5.74, 6) is -0.898. The van der Waals surface area contributed by atoms with Crippen LogP contribution in [-0.2, 0) is 10.5 Å². The van der Waals surface area contributed by atoms with Crippen LogP contribution in [0.25, 0.3) is 0 Å². The number of ketones is 1. The van der Waals surface area contributed by atoms with E-state index in [-0.39, 0.29) is 16.5 Å². The van der Waals surface area contributed by atoms with Crippen molar-refractivity contribution in [3.05, 3.63) is 103 Å². The third-order valence-corrected chi connectivity index (χ3v) is 8.73. The number of hydrogen-bond donors (Lipinski definition) is 1. The number of aliphatic hydroxyl groups is 1. The molecule has 1 N–H and O–H groups in total. The molecule has 1 aliphatic heterocycles. The average Bonchev–Trinajstić information content (AvgIpc) is 3.57. The molecule has 0 radical (unpaired) electrons. The molecule has 0 bridgehead atoms. The molecule has 1 amide bonds. The Morgan fingerprint density at radius 2 is 2.00 bits per heavy atom. The number of aromatic nitrogens is 2. The van der Waals surface area contributed by atoms with Gasteiger partial charge in [0.1, 0.15) is 5.76 Å². The number of carbonyl (C=O) groups excluding carboxylic acids is 2. The fourth-order valence-corrected chi connectivity index (χ4v) is 6.70. The normalized spacial score (nSPS) is 15.6. The molecule has 12 heteroatoms. The lowest BCUT2D eigenvalue weighted by atomic mass is 9.95.